The highest BCUT2D eigenvalue weighted by molar-refractivity contribution is 7.90. The molecule has 176 valence electrons. The number of carbonyl (C=O) groups is 2. The van der Waals surface area contributed by atoms with Crippen LogP contribution in [0.5, 0.6) is 0 Å². The van der Waals surface area contributed by atoms with Crippen LogP contribution in [-0.2, 0) is 26.2 Å². The van der Waals surface area contributed by atoms with Crippen LogP contribution in [0.2, 0.25) is 0 Å². The van der Waals surface area contributed by atoms with Crippen molar-refractivity contribution in [1.29, 1.82) is 0 Å². The molecule has 3 aliphatic heterocycles. The second-order valence-corrected chi connectivity index (χ2v) is 11.0. The van der Waals surface area contributed by atoms with Gasteiger partial charge in [0.1, 0.15) is 6.04 Å². The Morgan fingerprint density at radius 3 is 2.22 bits per heavy atom. The fourth-order valence-electron chi connectivity index (χ4n) is 5.05. The molecular formula is C21H26F3N3O4S. The molecule has 0 saturated carbocycles. The molecule has 2 unspecified atom stereocenters. The number of halogens is 3. The Hall–Kier alpha value is -2.14. The average Bonchev–Trinajstić information content (AvgIpc) is 3.07. The third kappa shape index (κ3) is 4.36. The van der Waals surface area contributed by atoms with Gasteiger partial charge in [0.05, 0.1) is 0 Å². The summed E-state index contributed by atoms with van der Waals surface area (Å²) in [6, 6.07) is 7.13. The van der Waals surface area contributed by atoms with Crippen LogP contribution < -0.4 is 0 Å². The number of nitrogens with zero attached hydrogens (tertiary/aromatic N) is 3. The van der Waals surface area contributed by atoms with Crippen molar-refractivity contribution in [2.75, 3.05) is 26.2 Å². The molecule has 7 nitrogen and oxygen atoms in total. The summed E-state index contributed by atoms with van der Waals surface area (Å²) >= 11 is 0. The number of benzene rings is 1. The van der Waals surface area contributed by atoms with Gasteiger partial charge in [-0.2, -0.15) is 17.5 Å². The summed E-state index contributed by atoms with van der Waals surface area (Å²) in [5.74, 6) is -1.01. The molecule has 11 heteroatoms. The summed E-state index contributed by atoms with van der Waals surface area (Å²) in [5.41, 5.74) is -3.31. The molecule has 3 saturated heterocycles. The van der Waals surface area contributed by atoms with Crippen molar-refractivity contribution < 1.29 is 31.2 Å². The molecule has 3 atom stereocenters. The van der Waals surface area contributed by atoms with Crippen LogP contribution in [-0.4, -0.2) is 72.1 Å². The first kappa shape index (κ1) is 23.0. The largest absolute Gasteiger partial charge is 0.511 e. The Bertz CT molecular complexity index is 983. The van der Waals surface area contributed by atoms with Crippen molar-refractivity contribution in [3.05, 3.63) is 35.4 Å². The van der Waals surface area contributed by atoms with Crippen LogP contribution in [0.25, 0.3) is 0 Å². The first-order chi connectivity index (χ1) is 15.0. The number of alkyl halides is 3. The zero-order valence-corrected chi connectivity index (χ0v) is 18.5. The highest BCUT2D eigenvalue weighted by Gasteiger charge is 2.53. The summed E-state index contributed by atoms with van der Waals surface area (Å²) in [4.78, 5) is 28.9. The van der Waals surface area contributed by atoms with Crippen molar-refractivity contribution in [1.82, 2.24) is 14.1 Å². The normalized spacial score (nSPS) is 27.1. The highest BCUT2D eigenvalue weighted by atomic mass is 32.2. The quantitative estimate of drug-likeness (QED) is 0.671. The molecule has 1 aromatic rings. The second-order valence-electron chi connectivity index (χ2n) is 9.04. The molecule has 2 bridgehead atoms. The molecule has 3 fully saturated rings. The molecule has 0 aliphatic carbocycles. The molecule has 0 radical (unpaired) electrons. The SMILES string of the molecule is Cc1ccc(CN2C(=O)CC[C@H]2C(=O)N2CC3CC(C2)CN(S(=O)(=O)C(F)(F)F)C3)cc1. The van der Waals surface area contributed by atoms with Gasteiger partial charge in [-0.1, -0.05) is 29.8 Å². The fraction of sp³-hybridized carbons (Fsp3) is 0.619. The van der Waals surface area contributed by atoms with Crippen molar-refractivity contribution in [3.8, 4) is 0 Å². The van der Waals surface area contributed by atoms with Gasteiger partial charge < -0.3 is 9.80 Å². The van der Waals surface area contributed by atoms with Gasteiger partial charge in [0.25, 0.3) is 0 Å². The minimum absolute atomic E-state index is 0.0939. The minimum atomic E-state index is -5.37. The number of aryl methyl sites for hydroxylation is 1. The monoisotopic (exact) mass is 473 g/mol. The van der Waals surface area contributed by atoms with Crippen LogP contribution in [0, 0.1) is 18.8 Å². The molecule has 32 heavy (non-hydrogen) atoms. The van der Waals surface area contributed by atoms with E-state index in [1.807, 2.05) is 31.2 Å². The van der Waals surface area contributed by atoms with E-state index in [1.54, 1.807) is 9.80 Å². The van der Waals surface area contributed by atoms with Crippen LogP contribution >= 0.6 is 0 Å². The topological polar surface area (TPSA) is 78.0 Å². The number of hydrogen-bond acceptors (Lipinski definition) is 4. The second kappa shape index (κ2) is 8.33. The Kier molecular flexibility index (Phi) is 6.00. The van der Waals surface area contributed by atoms with Gasteiger partial charge in [-0.3, -0.25) is 9.59 Å². The highest BCUT2D eigenvalue weighted by Crippen LogP contribution is 2.36. The van der Waals surface area contributed by atoms with E-state index in [-0.39, 0.29) is 56.3 Å². The molecular weight excluding hydrogens is 447 g/mol. The maximum absolute atomic E-state index is 13.3. The predicted molar refractivity (Wildman–Crippen MR) is 109 cm³/mol. The van der Waals surface area contributed by atoms with Gasteiger partial charge in [0.2, 0.25) is 11.8 Å². The van der Waals surface area contributed by atoms with Crippen molar-refractivity contribution in [3.63, 3.8) is 0 Å². The van der Waals surface area contributed by atoms with Gasteiger partial charge in [-0.05, 0) is 37.2 Å². The molecule has 0 N–H and O–H groups in total. The number of rotatable bonds is 4. The molecule has 1 aromatic carbocycles. The summed E-state index contributed by atoms with van der Waals surface area (Å²) < 4.78 is 63.0. The zero-order chi connectivity index (χ0) is 23.3. The standard InChI is InChI=1S/C21H26F3N3O4S/c1-14-2-4-15(5-3-14)13-27-18(6-7-19(27)28)20(29)25-9-16-8-17(10-25)12-26(11-16)32(30,31)21(22,23)24/h2-5,16-18H,6-13H2,1H3/t16?,17?,18-/m0/s1. The smallest absolute Gasteiger partial charge is 0.340 e. The molecule has 0 aromatic heterocycles. The fourth-order valence-corrected chi connectivity index (χ4v) is 6.15. The van der Waals surface area contributed by atoms with Crippen LogP contribution in [0.3, 0.4) is 0 Å². The summed E-state index contributed by atoms with van der Waals surface area (Å²) in [5, 5.41) is 0. The number of likely N-dealkylation sites (tertiary alicyclic amines) is 2. The third-order valence-electron chi connectivity index (χ3n) is 6.58. The van der Waals surface area contributed by atoms with Crippen molar-refractivity contribution in [2.45, 2.75) is 44.3 Å². The lowest BCUT2D eigenvalue weighted by atomic mass is 9.85. The van der Waals surface area contributed by atoms with Crippen molar-refractivity contribution in [2.24, 2.45) is 11.8 Å². The summed E-state index contributed by atoms with van der Waals surface area (Å²) in [6.45, 7) is 2.18. The summed E-state index contributed by atoms with van der Waals surface area (Å²) in [7, 11) is -5.37. The number of fused-ring (bicyclic) bond motifs is 2. The maximum Gasteiger partial charge on any atom is 0.511 e. The van der Waals surface area contributed by atoms with Crippen LogP contribution in [0.1, 0.15) is 30.4 Å². The number of hydrogen-bond donors (Lipinski definition) is 0. The van der Waals surface area contributed by atoms with Crippen LogP contribution in [0.4, 0.5) is 13.2 Å². The van der Waals surface area contributed by atoms with Gasteiger partial charge in [-0.25, -0.2) is 8.42 Å². The van der Waals surface area contributed by atoms with Crippen LogP contribution in [0.15, 0.2) is 24.3 Å². The number of sulfonamides is 1. The molecule has 4 rings (SSSR count). The zero-order valence-electron chi connectivity index (χ0n) is 17.7. The molecule has 0 spiro atoms. The first-order valence-electron chi connectivity index (χ1n) is 10.7. The lowest BCUT2D eigenvalue weighted by Gasteiger charge is -2.46. The predicted octanol–water partition coefficient (Wildman–Crippen LogP) is 2.12. The van der Waals surface area contributed by atoms with E-state index in [1.165, 1.54) is 0 Å². The van der Waals surface area contributed by atoms with E-state index in [4.69, 9.17) is 0 Å². The van der Waals surface area contributed by atoms with Gasteiger partial charge in [0.15, 0.2) is 0 Å². The van der Waals surface area contributed by atoms with E-state index in [9.17, 15) is 31.2 Å². The lowest BCUT2D eigenvalue weighted by molar-refractivity contribution is -0.144. The van der Waals surface area contributed by atoms with E-state index < -0.39 is 21.6 Å². The van der Waals surface area contributed by atoms with Gasteiger partial charge in [-0.15, -0.1) is 0 Å². The van der Waals surface area contributed by atoms with Gasteiger partial charge in [0, 0.05) is 39.1 Å². The molecule has 2 amide bonds. The Labute approximate surface area is 185 Å². The first-order valence-corrected chi connectivity index (χ1v) is 12.1. The summed E-state index contributed by atoms with van der Waals surface area (Å²) in [6.07, 6.45) is 1.27. The van der Waals surface area contributed by atoms with E-state index >= 15 is 0 Å². The average molecular weight is 474 g/mol. The van der Waals surface area contributed by atoms with E-state index in [2.05, 4.69) is 0 Å². The number of piperidine rings is 2. The Morgan fingerprint density at radius 2 is 1.66 bits per heavy atom. The number of carbonyl (C=O) groups excluding carboxylic acids is 2. The van der Waals surface area contributed by atoms with Gasteiger partial charge >= 0.3 is 15.5 Å². The minimum Gasteiger partial charge on any atom is -0.340 e. The third-order valence-corrected chi connectivity index (χ3v) is 8.14. The Morgan fingerprint density at radius 1 is 1.06 bits per heavy atom. The molecule has 3 heterocycles. The maximum atomic E-state index is 13.3. The van der Waals surface area contributed by atoms with Crippen molar-refractivity contribution >= 4 is 21.8 Å². The number of amides is 2. The lowest BCUT2D eigenvalue weighted by Crippen LogP contribution is -2.59. The van der Waals surface area contributed by atoms with E-state index in [0.717, 1.165) is 11.1 Å². The van der Waals surface area contributed by atoms with E-state index in [0.29, 0.717) is 23.7 Å². The molecule has 3 aliphatic rings. The Balaban J connectivity index is 1.44.